The van der Waals surface area contributed by atoms with Crippen LogP contribution in [0.15, 0.2) is 18.2 Å². The minimum Gasteiger partial charge on any atom is -0.508 e. The van der Waals surface area contributed by atoms with Crippen LogP contribution in [-0.2, 0) is 0 Å². The molecule has 0 amide bonds. The second kappa shape index (κ2) is 5.75. The number of aromatic hydroxyl groups is 1. The minimum atomic E-state index is -0.0780. The van der Waals surface area contributed by atoms with Crippen LogP contribution in [0.25, 0.3) is 0 Å². The number of phenols is 1. The first-order chi connectivity index (χ1) is 7.63. The third-order valence-corrected chi connectivity index (χ3v) is 2.98. The quantitative estimate of drug-likeness (QED) is 0.805. The van der Waals surface area contributed by atoms with Crippen molar-refractivity contribution < 1.29 is 5.11 Å². The summed E-state index contributed by atoms with van der Waals surface area (Å²) in [5, 5.41) is 9.93. The zero-order valence-electron chi connectivity index (χ0n) is 10.4. The van der Waals surface area contributed by atoms with Crippen LogP contribution in [0.1, 0.15) is 38.8 Å². The lowest BCUT2D eigenvalue weighted by Gasteiger charge is -2.22. The Balaban J connectivity index is 2.98. The Labute approximate surface area is 97.9 Å². The minimum absolute atomic E-state index is 0.0780. The molecule has 3 nitrogen and oxygen atoms in total. The van der Waals surface area contributed by atoms with Crippen molar-refractivity contribution in [2.75, 3.05) is 18.0 Å². The molecule has 0 heterocycles. The monoisotopic (exact) mass is 222 g/mol. The Morgan fingerprint density at radius 3 is 2.31 bits per heavy atom. The van der Waals surface area contributed by atoms with Crippen LogP contribution in [0, 0.1) is 0 Å². The van der Waals surface area contributed by atoms with E-state index in [2.05, 4.69) is 18.7 Å². The highest BCUT2D eigenvalue weighted by atomic mass is 16.3. The molecule has 1 aromatic rings. The molecule has 0 aliphatic carbocycles. The molecule has 0 spiro atoms. The van der Waals surface area contributed by atoms with E-state index in [1.807, 2.05) is 19.1 Å². The summed E-state index contributed by atoms with van der Waals surface area (Å²) in [7, 11) is 0. The highest BCUT2D eigenvalue weighted by Crippen LogP contribution is 2.29. The number of hydrogen-bond acceptors (Lipinski definition) is 3. The number of nitrogens with zero attached hydrogens (tertiary/aromatic N) is 1. The van der Waals surface area contributed by atoms with E-state index in [0.717, 1.165) is 30.8 Å². The first-order valence-electron chi connectivity index (χ1n) is 5.97. The van der Waals surface area contributed by atoms with Gasteiger partial charge in [0.1, 0.15) is 5.75 Å². The number of hydrogen-bond donors (Lipinski definition) is 2. The van der Waals surface area contributed by atoms with Gasteiger partial charge in [0.25, 0.3) is 0 Å². The van der Waals surface area contributed by atoms with Crippen molar-refractivity contribution in [1.82, 2.24) is 0 Å². The van der Waals surface area contributed by atoms with Crippen LogP contribution < -0.4 is 10.6 Å². The van der Waals surface area contributed by atoms with E-state index < -0.39 is 0 Å². The van der Waals surface area contributed by atoms with Crippen molar-refractivity contribution >= 4 is 5.69 Å². The molecule has 0 unspecified atom stereocenters. The van der Waals surface area contributed by atoms with Crippen molar-refractivity contribution in [3.8, 4) is 5.75 Å². The smallest absolute Gasteiger partial charge is 0.122 e. The summed E-state index contributed by atoms with van der Waals surface area (Å²) < 4.78 is 0. The maximum atomic E-state index is 9.93. The SMILES string of the molecule is CC[C@H](N)c1ccc(N(CC)CC)cc1O. The van der Waals surface area contributed by atoms with Gasteiger partial charge in [0.2, 0.25) is 0 Å². The van der Waals surface area contributed by atoms with Gasteiger partial charge in [-0.2, -0.15) is 0 Å². The predicted octanol–water partition coefficient (Wildman–Crippen LogP) is 2.65. The molecule has 0 saturated carbocycles. The largest absolute Gasteiger partial charge is 0.508 e. The summed E-state index contributed by atoms with van der Waals surface area (Å²) in [6, 6.07) is 5.68. The highest BCUT2D eigenvalue weighted by molar-refractivity contribution is 5.53. The third-order valence-electron chi connectivity index (χ3n) is 2.98. The van der Waals surface area contributed by atoms with Crippen LogP contribution in [-0.4, -0.2) is 18.2 Å². The Kier molecular flexibility index (Phi) is 4.62. The van der Waals surface area contributed by atoms with Gasteiger partial charge in [-0.15, -0.1) is 0 Å². The third kappa shape index (κ3) is 2.67. The van der Waals surface area contributed by atoms with Gasteiger partial charge in [-0.3, -0.25) is 0 Å². The van der Waals surface area contributed by atoms with Gasteiger partial charge in [0, 0.05) is 36.4 Å². The molecule has 3 N–H and O–H groups in total. The number of benzene rings is 1. The van der Waals surface area contributed by atoms with Crippen LogP contribution in [0.4, 0.5) is 5.69 Å². The fourth-order valence-corrected chi connectivity index (χ4v) is 1.85. The van der Waals surface area contributed by atoms with Crippen LogP contribution in [0.2, 0.25) is 0 Å². The summed E-state index contributed by atoms with van der Waals surface area (Å²) in [5.74, 6) is 0.304. The lowest BCUT2D eigenvalue weighted by atomic mass is 10.0. The molecule has 0 bridgehead atoms. The summed E-state index contributed by atoms with van der Waals surface area (Å²) in [5.41, 5.74) is 7.80. The number of nitrogens with two attached hydrogens (primary N) is 1. The van der Waals surface area contributed by atoms with E-state index in [1.54, 1.807) is 6.07 Å². The second-order valence-corrected chi connectivity index (χ2v) is 3.93. The summed E-state index contributed by atoms with van der Waals surface area (Å²) in [6.07, 6.45) is 0.832. The van der Waals surface area contributed by atoms with E-state index in [9.17, 15) is 5.11 Å². The van der Waals surface area contributed by atoms with E-state index in [4.69, 9.17) is 5.73 Å². The van der Waals surface area contributed by atoms with E-state index in [-0.39, 0.29) is 6.04 Å². The normalized spacial score (nSPS) is 12.5. The zero-order chi connectivity index (χ0) is 12.1. The Morgan fingerprint density at radius 2 is 1.88 bits per heavy atom. The van der Waals surface area contributed by atoms with Gasteiger partial charge < -0.3 is 15.7 Å². The molecule has 16 heavy (non-hydrogen) atoms. The first-order valence-corrected chi connectivity index (χ1v) is 5.97. The topological polar surface area (TPSA) is 49.5 Å². The number of phenolic OH excluding ortho intramolecular Hbond substituents is 1. The molecular formula is C13H22N2O. The molecule has 1 rings (SSSR count). The van der Waals surface area contributed by atoms with Gasteiger partial charge >= 0.3 is 0 Å². The number of rotatable bonds is 5. The summed E-state index contributed by atoms with van der Waals surface area (Å²) in [4.78, 5) is 2.20. The molecule has 1 atom stereocenters. The van der Waals surface area contributed by atoms with E-state index >= 15 is 0 Å². The molecule has 3 heteroatoms. The molecule has 1 aromatic carbocycles. The van der Waals surface area contributed by atoms with Gasteiger partial charge in [-0.1, -0.05) is 13.0 Å². The fourth-order valence-electron chi connectivity index (χ4n) is 1.85. The highest BCUT2D eigenvalue weighted by Gasteiger charge is 2.11. The van der Waals surface area contributed by atoms with E-state index in [1.165, 1.54) is 0 Å². The van der Waals surface area contributed by atoms with Crippen molar-refractivity contribution in [2.24, 2.45) is 5.73 Å². The average Bonchev–Trinajstić information content (AvgIpc) is 2.30. The van der Waals surface area contributed by atoms with Crippen molar-refractivity contribution in [2.45, 2.75) is 33.2 Å². The fraction of sp³-hybridized carbons (Fsp3) is 0.538. The molecule has 90 valence electrons. The van der Waals surface area contributed by atoms with Gasteiger partial charge in [0.15, 0.2) is 0 Å². The maximum Gasteiger partial charge on any atom is 0.122 e. The zero-order valence-corrected chi connectivity index (χ0v) is 10.4. The molecule has 0 aromatic heterocycles. The second-order valence-electron chi connectivity index (χ2n) is 3.93. The predicted molar refractivity (Wildman–Crippen MR) is 68.9 cm³/mol. The molecule has 0 fully saturated rings. The van der Waals surface area contributed by atoms with Crippen LogP contribution >= 0.6 is 0 Å². The van der Waals surface area contributed by atoms with E-state index in [0.29, 0.717) is 5.75 Å². The average molecular weight is 222 g/mol. The van der Waals surface area contributed by atoms with Crippen molar-refractivity contribution in [3.05, 3.63) is 23.8 Å². The van der Waals surface area contributed by atoms with Gasteiger partial charge in [-0.05, 0) is 26.3 Å². The first kappa shape index (κ1) is 12.8. The standard InChI is InChI=1S/C13H22N2O/c1-4-12(14)11-8-7-10(9-13(11)16)15(5-2)6-3/h7-9,12,16H,4-6,14H2,1-3H3/t12-/m0/s1. The van der Waals surface area contributed by atoms with Crippen LogP contribution in [0.3, 0.4) is 0 Å². The molecule has 0 radical (unpaired) electrons. The molecule has 0 aliphatic rings. The Hall–Kier alpha value is -1.22. The van der Waals surface area contributed by atoms with Gasteiger partial charge in [0.05, 0.1) is 0 Å². The lowest BCUT2D eigenvalue weighted by molar-refractivity contribution is 0.460. The molecule has 0 aliphatic heterocycles. The Bertz CT molecular complexity index is 335. The van der Waals surface area contributed by atoms with Crippen molar-refractivity contribution in [3.63, 3.8) is 0 Å². The van der Waals surface area contributed by atoms with Crippen LogP contribution in [0.5, 0.6) is 5.75 Å². The summed E-state index contributed by atoms with van der Waals surface area (Å²) >= 11 is 0. The number of anilines is 1. The maximum absolute atomic E-state index is 9.93. The van der Waals surface area contributed by atoms with Gasteiger partial charge in [-0.25, -0.2) is 0 Å². The Morgan fingerprint density at radius 1 is 1.25 bits per heavy atom. The molecule has 0 saturated heterocycles. The van der Waals surface area contributed by atoms with Crippen molar-refractivity contribution in [1.29, 1.82) is 0 Å². The lowest BCUT2D eigenvalue weighted by Crippen LogP contribution is -2.21. The molecular weight excluding hydrogens is 200 g/mol. The summed E-state index contributed by atoms with van der Waals surface area (Å²) in [6.45, 7) is 8.10.